The number of sulfonamides is 1. The molecule has 114 valence electrons. The van der Waals surface area contributed by atoms with Gasteiger partial charge in [-0.15, -0.1) is 0 Å². The van der Waals surface area contributed by atoms with Gasteiger partial charge in [0.2, 0.25) is 5.91 Å². The van der Waals surface area contributed by atoms with Gasteiger partial charge in [-0.1, -0.05) is 42.4 Å². The van der Waals surface area contributed by atoms with Crippen molar-refractivity contribution in [3.8, 4) is 0 Å². The van der Waals surface area contributed by atoms with Crippen LogP contribution in [-0.4, -0.2) is 14.3 Å². The number of nitrogens with one attached hydrogen (secondary N) is 2. The summed E-state index contributed by atoms with van der Waals surface area (Å²) in [4.78, 5) is 11.3. The molecule has 2 rings (SSSR count). The monoisotopic (exact) mass is 336 g/mol. The van der Waals surface area contributed by atoms with Crippen molar-refractivity contribution in [3.63, 3.8) is 0 Å². The molecule has 0 aliphatic rings. The minimum Gasteiger partial charge on any atom is -0.321 e. The summed E-state index contributed by atoms with van der Waals surface area (Å²) >= 11 is 5.95. The van der Waals surface area contributed by atoms with Gasteiger partial charge in [0.05, 0.1) is 16.4 Å². The number of rotatable bonds is 5. The number of para-hydroxylation sites is 2. The topological polar surface area (TPSA) is 75.3 Å². The van der Waals surface area contributed by atoms with Crippen molar-refractivity contribution < 1.29 is 13.2 Å². The summed E-state index contributed by atoms with van der Waals surface area (Å²) in [6.45, 7) is 3.33. The van der Waals surface area contributed by atoms with Crippen LogP contribution in [-0.2, 0) is 14.8 Å². The summed E-state index contributed by atoms with van der Waals surface area (Å²) in [5.74, 6) is -0.500. The Kier molecular flexibility index (Phi) is 4.85. The second kappa shape index (κ2) is 6.64. The molecular formula is C15H13ClN2O3S. The fraction of sp³-hybridized carbons (Fsp3) is 0. The summed E-state index contributed by atoms with van der Waals surface area (Å²) in [6.07, 6.45) is 1.06. The fourth-order valence-electron chi connectivity index (χ4n) is 1.73. The standard InChI is InChI=1S/C15H13ClN2O3S/c1-2-15(19)17-13-9-5-6-10-14(13)22(20,21)18-12-8-4-3-7-11(12)16/h2-10,18H,1H2,(H,17,19). The van der Waals surface area contributed by atoms with E-state index in [0.29, 0.717) is 0 Å². The Balaban J connectivity index is 2.40. The van der Waals surface area contributed by atoms with Gasteiger partial charge >= 0.3 is 0 Å². The molecular weight excluding hydrogens is 324 g/mol. The molecule has 0 saturated carbocycles. The number of hydrogen-bond acceptors (Lipinski definition) is 3. The van der Waals surface area contributed by atoms with E-state index in [9.17, 15) is 13.2 Å². The number of amides is 1. The lowest BCUT2D eigenvalue weighted by molar-refractivity contribution is -0.111. The zero-order valence-corrected chi connectivity index (χ0v) is 13.0. The van der Waals surface area contributed by atoms with Gasteiger partial charge in [-0.2, -0.15) is 0 Å². The highest BCUT2D eigenvalue weighted by Gasteiger charge is 2.20. The molecule has 0 saturated heterocycles. The summed E-state index contributed by atoms with van der Waals surface area (Å²) in [5, 5.41) is 2.73. The molecule has 0 atom stereocenters. The normalized spacial score (nSPS) is 10.8. The van der Waals surface area contributed by atoms with Gasteiger partial charge in [-0.05, 0) is 30.3 Å². The second-order valence-corrected chi connectivity index (χ2v) is 6.33. The van der Waals surface area contributed by atoms with E-state index in [-0.39, 0.29) is 21.3 Å². The van der Waals surface area contributed by atoms with Crippen LogP contribution in [0.1, 0.15) is 0 Å². The Morgan fingerprint density at radius 3 is 2.27 bits per heavy atom. The van der Waals surface area contributed by atoms with Crippen molar-refractivity contribution in [2.24, 2.45) is 0 Å². The number of benzene rings is 2. The van der Waals surface area contributed by atoms with Gasteiger partial charge in [-0.3, -0.25) is 9.52 Å². The van der Waals surface area contributed by atoms with Gasteiger partial charge in [0, 0.05) is 0 Å². The predicted molar refractivity (Wildman–Crippen MR) is 87.5 cm³/mol. The first-order valence-electron chi connectivity index (χ1n) is 6.24. The maximum Gasteiger partial charge on any atom is 0.264 e. The van der Waals surface area contributed by atoms with Gasteiger partial charge < -0.3 is 5.32 Å². The van der Waals surface area contributed by atoms with Crippen LogP contribution in [0.2, 0.25) is 5.02 Å². The average molecular weight is 337 g/mol. The van der Waals surface area contributed by atoms with Crippen LogP contribution in [0.5, 0.6) is 0 Å². The van der Waals surface area contributed by atoms with Gasteiger partial charge in [-0.25, -0.2) is 8.42 Å². The summed E-state index contributed by atoms with van der Waals surface area (Å²) < 4.78 is 27.4. The Hall–Kier alpha value is -2.31. The summed E-state index contributed by atoms with van der Waals surface area (Å²) in [6, 6.07) is 12.5. The van der Waals surface area contributed by atoms with Crippen molar-refractivity contribution in [1.82, 2.24) is 0 Å². The van der Waals surface area contributed by atoms with E-state index in [0.717, 1.165) is 6.08 Å². The maximum atomic E-state index is 12.5. The number of carbonyl (C=O) groups excluding carboxylic acids is 1. The van der Waals surface area contributed by atoms with E-state index in [1.165, 1.54) is 12.1 Å². The highest BCUT2D eigenvalue weighted by atomic mass is 35.5. The number of carbonyl (C=O) groups is 1. The lowest BCUT2D eigenvalue weighted by atomic mass is 10.3. The second-order valence-electron chi connectivity index (χ2n) is 4.27. The lowest BCUT2D eigenvalue weighted by Gasteiger charge is -2.13. The van der Waals surface area contributed by atoms with E-state index < -0.39 is 15.9 Å². The first-order valence-corrected chi connectivity index (χ1v) is 8.10. The third kappa shape index (κ3) is 3.66. The molecule has 2 aromatic rings. The van der Waals surface area contributed by atoms with E-state index >= 15 is 0 Å². The predicted octanol–water partition coefficient (Wildman–Crippen LogP) is 3.27. The molecule has 2 N–H and O–H groups in total. The molecule has 7 heteroatoms. The molecule has 0 heterocycles. The average Bonchev–Trinajstić information content (AvgIpc) is 2.49. The van der Waals surface area contributed by atoms with Crippen LogP contribution < -0.4 is 10.0 Å². The van der Waals surface area contributed by atoms with Crippen molar-refractivity contribution in [2.75, 3.05) is 10.0 Å². The quantitative estimate of drug-likeness (QED) is 0.823. The molecule has 0 bridgehead atoms. The third-order valence-electron chi connectivity index (χ3n) is 2.74. The lowest BCUT2D eigenvalue weighted by Crippen LogP contribution is -2.17. The number of halogens is 1. The van der Waals surface area contributed by atoms with E-state index in [1.807, 2.05) is 0 Å². The van der Waals surface area contributed by atoms with Crippen LogP contribution >= 0.6 is 11.6 Å². The molecule has 0 radical (unpaired) electrons. The van der Waals surface area contributed by atoms with Crippen LogP contribution in [0.3, 0.4) is 0 Å². The number of hydrogen-bond donors (Lipinski definition) is 2. The Morgan fingerprint density at radius 1 is 1.05 bits per heavy atom. The highest BCUT2D eigenvalue weighted by Crippen LogP contribution is 2.27. The minimum atomic E-state index is -3.90. The first kappa shape index (κ1) is 16.1. The molecule has 0 unspecified atom stereocenters. The molecule has 0 aromatic heterocycles. The molecule has 0 aliphatic carbocycles. The minimum absolute atomic E-state index is 0.0647. The van der Waals surface area contributed by atoms with Crippen molar-refractivity contribution in [1.29, 1.82) is 0 Å². The van der Waals surface area contributed by atoms with Gasteiger partial charge in [0.25, 0.3) is 10.0 Å². The summed E-state index contributed by atoms with van der Waals surface area (Å²) in [5.41, 5.74) is 0.418. The molecule has 5 nitrogen and oxygen atoms in total. The first-order chi connectivity index (χ1) is 10.4. The van der Waals surface area contributed by atoms with E-state index in [2.05, 4.69) is 16.6 Å². The molecule has 0 fully saturated rings. The highest BCUT2D eigenvalue weighted by molar-refractivity contribution is 7.93. The van der Waals surface area contributed by atoms with E-state index in [1.54, 1.807) is 36.4 Å². The van der Waals surface area contributed by atoms with Crippen molar-refractivity contribution in [3.05, 3.63) is 66.2 Å². The van der Waals surface area contributed by atoms with Crippen molar-refractivity contribution >= 4 is 38.9 Å². The molecule has 0 spiro atoms. The van der Waals surface area contributed by atoms with Crippen LogP contribution in [0.4, 0.5) is 11.4 Å². The molecule has 0 aliphatic heterocycles. The summed E-state index contributed by atoms with van der Waals surface area (Å²) in [7, 11) is -3.90. The van der Waals surface area contributed by atoms with Crippen LogP contribution in [0, 0.1) is 0 Å². The van der Waals surface area contributed by atoms with Gasteiger partial charge in [0.1, 0.15) is 4.90 Å². The number of anilines is 2. The molecule has 1 amide bonds. The third-order valence-corrected chi connectivity index (χ3v) is 4.49. The fourth-order valence-corrected chi connectivity index (χ4v) is 3.21. The Labute approximate surface area is 133 Å². The molecule has 22 heavy (non-hydrogen) atoms. The smallest absolute Gasteiger partial charge is 0.264 e. The van der Waals surface area contributed by atoms with Gasteiger partial charge in [0.15, 0.2) is 0 Å². The van der Waals surface area contributed by atoms with E-state index in [4.69, 9.17) is 11.6 Å². The zero-order chi connectivity index (χ0) is 16.2. The van der Waals surface area contributed by atoms with Crippen LogP contribution in [0.15, 0.2) is 66.1 Å². The van der Waals surface area contributed by atoms with Crippen molar-refractivity contribution in [2.45, 2.75) is 4.90 Å². The maximum absolute atomic E-state index is 12.5. The Bertz CT molecular complexity index is 819. The Morgan fingerprint density at radius 2 is 1.64 bits per heavy atom. The largest absolute Gasteiger partial charge is 0.321 e. The zero-order valence-electron chi connectivity index (χ0n) is 11.4. The molecule has 2 aromatic carbocycles. The van der Waals surface area contributed by atoms with Crippen LogP contribution in [0.25, 0.3) is 0 Å². The SMILES string of the molecule is C=CC(=O)Nc1ccccc1S(=O)(=O)Nc1ccccc1Cl.